The van der Waals surface area contributed by atoms with Gasteiger partial charge in [0.1, 0.15) is 4.90 Å². The van der Waals surface area contributed by atoms with Crippen molar-refractivity contribution in [3.05, 3.63) is 18.2 Å². The third kappa shape index (κ3) is 3.75. The van der Waals surface area contributed by atoms with E-state index in [9.17, 15) is 16.8 Å². The van der Waals surface area contributed by atoms with E-state index in [2.05, 4.69) is 0 Å². The summed E-state index contributed by atoms with van der Waals surface area (Å²) in [6.45, 7) is 3.80. The minimum absolute atomic E-state index is 0.0419. The molecule has 21 heavy (non-hydrogen) atoms. The van der Waals surface area contributed by atoms with Gasteiger partial charge >= 0.3 is 0 Å². The van der Waals surface area contributed by atoms with Crippen LogP contribution in [-0.2, 0) is 19.9 Å². The fraction of sp³-hybridized carbons (Fsp3) is 0.538. The van der Waals surface area contributed by atoms with Gasteiger partial charge in [-0.2, -0.15) is 4.31 Å². The molecule has 0 saturated carbocycles. The first-order chi connectivity index (χ1) is 9.55. The van der Waals surface area contributed by atoms with E-state index in [1.54, 1.807) is 0 Å². The number of sulfonamides is 1. The molecule has 0 unspecified atom stereocenters. The van der Waals surface area contributed by atoms with Crippen molar-refractivity contribution in [2.75, 3.05) is 19.0 Å². The molecular weight excluding hydrogens is 312 g/mol. The Morgan fingerprint density at radius 3 is 2.10 bits per heavy atom. The zero-order valence-electron chi connectivity index (χ0n) is 12.7. The second kappa shape index (κ2) is 6.33. The molecule has 0 aliphatic heterocycles. The zero-order chi connectivity index (χ0) is 16.4. The summed E-state index contributed by atoms with van der Waals surface area (Å²) >= 11 is 0. The molecule has 1 aromatic carbocycles. The predicted molar refractivity (Wildman–Crippen MR) is 83.3 cm³/mol. The van der Waals surface area contributed by atoms with Gasteiger partial charge < -0.3 is 5.73 Å². The van der Waals surface area contributed by atoms with Crippen LogP contribution >= 0.6 is 0 Å². The molecule has 1 rings (SSSR count). The monoisotopic (exact) mass is 334 g/mol. The molecular formula is C13H22N2O4S2. The molecule has 120 valence electrons. The fourth-order valence-corrected chi connectivity index (χ4v) is 4.49. The molecule has 0 aliphatic carbocycles. The Bertz CT molecular complexity index is 708. The minimum Gasteiger partial charge on any atom is -0.398 e. The normalized spacial score (nSPS) is 13.0. The van der Waals surface area contributed by atoms with E-state index < -0.39 is 19.9 Å². The Morgan fingerprint density at radius 2 is 1.67 bits per heavy atom. The number of hydrogen-bond acceptors (Lipinski definition) is 5. The molecule has 1 aromatic rings. The highest BCUT2D eigenvalue weighted by Gasteiger charge is 2.28. The summed E-state index contributed by atoms with van der Waals surface area (Å²) in [4.78, 5) is -0.229. The number of rotatable bonds is 6. The molecule has 0 spiro atoms. The van der Waals surface area contributed by atoms with Gasteiger partial charge in [0.2, 0.25) is 10.0 Å². The summed E-state index contributed by atoms with van der Waals surface area (Å²) in [5.41, 5.74) is 5.78. The fourth-order valence-electron chi connectivity index (χ4n) is 2.12. The van der Waals surface area contributed by atoms with Crippen molar-refractivity contribution in [2.45, 2.75) is 42.5 Å². The Kier molecular flexibility index (Phi) is 5.40. The van der Waals surface area contributed by atoms with Crippen LogP contribution < -0.4 is 5.73 Å². The van der Waals surface area contributed by atoms with Gasteiger partial charge in [-0.15, -0.1) is 0 Å². The highest BCUT2D eigenvalue weighted by atomic mass is 32.2. The van der Waals surface area contributed by atoms with Crippen LogP contribution in [0.2, 0.25) is 0 Å². The number of nitrogen functional groups attached to an aromatic ring is 1. The lowest BCUT2D eigenvalue weighted by Gasteiger charge is -2.26. The van der Waals surface area contributed by atoms with Gasteiger partial charge in [0.25, 0.3) is 0 Å². The largest absolute Gasteiger partial charge is 0.398 e. The molecule has 0 fully saturated rings. The Balaban J connectivity index is 3.45. The second-order valence-electron chi connectivity index (χ2n) is 4.96. The van der Waals surface area contributed by atoms with E-state index in [0.29, 0.717) is 12.8 Å². The van der Waals surface area contributed by atoms with Gasteiger partial charge in [-0.25, -0.2) is 16.8 Å². The molecule has 0 aliphatic rings. The number of benzene rings is 1. The molecule has 0 heterocycles. The molecule has 2 N–H and O–H groups in total. The lowest BCUT2D eigenvalue weighted by molar-refractivity contribution is 0.350. The standard InChI is InChI=1S/C13H22N2O4S2/c1-5-10(6-2)15(3)21(18,19)13-9-11(20(4,16)17)7-8-12(13)14/h7-10H,5-6,14H2,1-4H3. The Hall–Kier alpha value is -1.12. The van der Waals surface area contributed by atoms with Crippen molar-refractivity contribution in [3.8, 4) is 0 Å². The van der Waals surface area contributed by atoms with Crippen molar-refractivity contribution >= 4 is 25.5 Å². The third-order valence-electron chi connectivity index (χ3n) is 3.53. The summed E-state index contributed by atoms with van der Waals surface area (Å²) < 4.78 is 49.7. The smallest absolute Gasteiger partial charge is 0.245 e. The number of hydrogen-bond donors (Lipinski definition) is 1. The van der Waals surface area contributed by atoms with Gasteiger partial charge in [0, 0.05) is 19.3 Å². The number of anilines is 1. The van der Waals surface area contributed by atoms with Crippen LogP contribution in [0.1, 0.15) is 26.7 Å². The van der Waals surface area contributed by atoms with Crippen molar-refractivity contribution in [1.29, 1.82) is 0 Å². The number of sulfone groups is 1. The van der Waals surface area contributed by atoms with Crippen LogP contribution in [0.3, 0.4) is 0 Å². The maximum atomic E-state index is 12.6. The van der Waals surface area contributed by atoms with Crippen molar-refractivity contribution < 1.29 is 16.8 Å². The molecule has 0 atom stereocenters. The van der Waals surface area contributed by atoms with E-state index in [-0.39, 0.29) is 21.5 Å². The van der Waals surface area contributed by atoms with Crippen LogP contribution in [0.4, 0.5) is 5.69 Å². The van der Waals surface area contributed by atoms with E-state index in [1.807, 2.05) is 13.8 Å². The first-order valence-corrected chi connectivity index (χ1v) is 9.96. The lowest BCUT2D eigenvalue weighted by atomic mass is 10.2. The quantitative estimate of drug-likeness (QED) is 0.795. The topological polar surface area (TPSA) is 97.5 Å². The summed E-state index contributed by atoms with van der Waals surface area (Å²) in [5.74, 6) is 0. The van der Waals surface area contributed by atoms with Crippen LogP contribution in [0.5, 0.6) is 0 Å². The molecule has 0 aromatic heterocycles. The van der Waals surface area contributed by atoms with Gasteiger partial charge in [0.05, 0.1) is 10.6 Å². The molecule has 0 radical (unpaired) electrons. The van der Waals surface area contributed by atoms with E-state index >= 15 is 0 Å². The third-order valence-corrected chi connectivity index (χ3v) is 6.60. The average Bonchev–Trinajstić information content (AvgIpc) is 2.38. The number of nitrogens with two attached hydrogens (primary N) is 1. The Morgan fingerprint density at radius 1 is 1.14 bits per heavy atom. The summed E-state index contributed by atoms with van der Waals surface area (Å²) in [6.07, 6.45) is 2.36. The van der Waals surface area contributed by atoms with Crippen molar-refractivity contribution in [1.82, 2.24) is 4.31 Å². The predicted octanol–water partition coefficient (Wildman–Crippen LogP) is 1.48. The highest BCUT2D eigenvalue weighted by Crippen LogP contribution is 2.27. The SMILES string of the molecule is CCC(CC)N(C)S(=O)(=O)c1cc(S(C)(=O)=O)ccc1N. The summed E-state index contributed by atoms with van der Waals surface area (Å²) in [7, 11) is -5.84. The molecule has 6 nitrogen and oxygen atoms in total. The van der Waals surface area contributed by atoms with E-state index in [1.165, 1.54) is 23.5 Å². The first kappa shape index (κ1) is 17.9. The second-order valence-corrected chi connectivity index (χ2v) is 8.95. The Labute approximate surface area is 126 Å². The van der Waals surface area contributed by atoms with Crippen LogP contribution in [0.25, 0.3) is 0 Å². The maximum Gasteiger partial charge on any atom is 0.245 e. The molecule has 0 bridgehead atoms. The van der Waals surface area contributed by atoms with E-state index in [4.69, 9.17) is 5.73 Å². The molecule has 0 amide bonds. The molecule has 0 saturated heterocycles. The van der Waals surface area contributed by atoms with Crippen LogP contribution in [-0.4, -0.2) is 40.5 Å². The minimum atomic E-state index is -3.83. The maximum absolute atomic E-state index is 12.6. The summed E-state index contributed by atoms with van der Waals surface area (Å²) in [5, 5.41) is 0. The van der Waals surface area contributed by atoms with Gasteiger partial charge in [-0.05, 0) is 31.0 Å². The average molecular weight is 334 g/mol. The molecule has 8 heteroatoms. The highest BCUT2D eigenvalue weighted by molar-refractivity contribution is 7.91. The van der Waals surface area contributed by atoms with Crippen LogP contribution in [0.15, 0.2) is 28.0 Å². The van der Waals surface area contributed by atoms with E-state index in [0.717, 1.165) is 12.3 Å². The number of nitrogens with zero attached hydrogens (tertiary/aromatic N) is 1. The zero-order valence-corrected chi connectivity index (χ0v) is 14.3. The van der Waals surface area contributed by atoms with Gasteiger partial charge in [-0.1, -0.05) is 13.8 Å². The van der Waals surface area contributed by atoms with Gasteiger partial charge in [0.15, 0.2) is 9.84 Å². The van der Waals surface area contributed by atoms with Crippen molar-refractivity contribution in [2.24, 2.45) is 0 Å². The van der Waals surface area contributed by atoms with Crippen molar-refractivity contribution in [3.63, 3.8) is 0 Å². The van der Waals surface area contributed by atoms with Gasteiger partial charge in [-0.3, -0.25) is 0 Å². The van der Waals surface area contributed by atoms with Crippen LogP contribution in [0, 0.1) is 0 Å². The summed E-state index contributed by atoms with van der Waals surface area (Å²) in [6, 6.07) is 3.58. The lowest BCUT2D eigenvalue weighted by Crippen LogP contribution is -2.36. The first-order valence-electron chi connectivity index (χ1n) is 6.63.